The van der Waals surface area contributed by atoms with Gasteiger partial charge in [-0.3, -0.25) is 4.79 Å². The third-order valence-electron chi connectivity index (χ3n) is 4.53. The second-order valence-corrected chi connectivity index (χ2v) is 6.46. The zero-order chi connectivity index (χ0) is 21.7. The zero-order valence-corrected chi connectivity index (χ0v) is 15.6. The summed E-state index contributed by atoms with van der Waals surface area (Å²) >= 11 is 0. The smallest absolute Gasteiger partial charge is 0.417 e. The van der Waals surface area contributed by atoms with Crippen molar-refractivity contribution in [1.29, 1.82) is 0 Å². The van der Waals surface area contributed by atoms with E-state index < -0.39 is 18.4 Å². The Morgan fingerprint density at radius 3 is 2.37 bits per heavy atom. The summed E-state index contributed by atoms with van der Waals surface area (Å²) in [7, 11) is 0. The van der Waals surface area contributed by atoms with E-state index in [1.807, 2.05) is 0 Å². The Bertz CT molecular complexity index is 892. The van der Waals surface area contributed by atoms with Gasteiger partial charge in [0.25, 0.3) is 0 Å². The average Bonchev–Trinajstić information content (AvgIpc) is 2.72. The molecule has 0 unspecified atom stereocenters. The van der Waals surface area contributed by atoms with Gasteiger partial charge in [-0.2, -0.15) is 22.0 Å². The summed E-state index contributed by atoms with van der Waals surface area (Å²) in [5.74, 6) is 0.0698. The molecule has 1 amide bonds. The molecule has 160 valence electrons. The van der Waals surface area contributed by atoms with Crippen LogP contribution in [0.1, 0.15) is 11.1 Å². The van der Waals surface area contributed by atoms with Gasteiger partial charge in [-0.05, 0) is 24.3 Å². The van der Waals surface area contributed by atoms with Gasteiger partial charge in [-0.1, -0.05) is 18.2 Å². The molecular weight excluding hydrogens is 409 g/mol. The number of para-hydroxylation sites is 1. The number of alkyl halides is 5. The number of pyridine rings is 1. The molecular formula is C20H18F5N3O2. The fraction of sp³-hybridized carbons (Fsp3) is 0.300. The Hall–Kier alpha value is -3.17. The van der Waals surface area contributed by atoms with Crippen LogP contribution in [0.5, 0.6) is 5.75 Å². The normalized spacial score (nSPS) is 15.1. The maximum absolute atomic E-state index is 12.6. The van der Waals surface area contributed by atoms with Crippen molar-refractivity contribution in [3.8, 4) is 5.75 Å². The van der Waals surface area contributed by atoms with E-state index in [2.05, 4.69) is 9.72 Å². The van der Waals surface area contributed by atoms with Crippen LogP contribution >= 0.6 is 0 Å². The molecule has 0 atom stereocenters. The van der Waals surface area contributed by atoms with E-state index in [1.165, 1.54) is 24.3 Å². The van der Waals surface area contributed by atoms with Crippen molar-refractivity contribution in [2.24, 2.45) is 0 Å². The Balaban J connectivity index is 1.58. The molecule has 0 spiro atoms. The first-order valence-corrected chi connectivity index (χ1v) is 9.03. The van der Waals surface area contributed by atoms with Crippen LogP contribution in [0, 0.1) is 0 Å². The average molecular weight is 427 g/mol. The number of hydrogen-bond acceptors (Lipinski definition) is 4. The topological polar surface area (TPSA) is 45.7 Å². The molecule has 1 fully saturated rings. The maximum Gasteiger partial charge on any atom is 0.417 e. The summed E-state index contributed by atoms with van der Waals surface area (Å²) in [6.07, 6.45) is -0.972. The number of carbonyl (C=O) groups excluding carboxylic acids is 1. The van der Waals surface area contributed by atoms with E-state index in [0.717, 1.165) is 12.3 Å². The highest BCUT2D eigenvalue weighted by molar-refractivity contribution is 5.92. The van der Waals surface area contributed by atoms with Crippen molar-refractivity contribution in [2.75, 3.05) is 31.1 Å². The molecule has 10 heteroatoms. The largest absolute Gasteiger partial charge is 0.434 e. The molecule has 0 bridgehead atoms. The predicted molar refractivity (Wildman–Crippen MR) is 100 cm³/mol. The van der Waals surface area contributed by atoms with Gasteiger partial charge in [0.05, 0.1) is 5.56 Å². The van der Waals surface area contributed by atoms with Gasteiger partial charge in [0.2, 0.25) is 5.91 Å². The van der Waals surface area contributed by atoms with Gasteiger partial charge < -0.3 is 14.5 Å². The summed E-state index contributed by atoms with van der Waals surface area (Å²) in [4.78, 5) is 19.6. The summed E-state index contributed by atoms with van der Waals surface area (Å²) in [6, 6.07) is 8.40. The molecule has 3 rings (SSSR count). The number of halogens is 5. The minimum absolute atomic E-state index is 0.0326. The van der Waals surface area contributed by atoms with Crippen molar-refractivity contribution in [2.45, 2.75) is 12.8 Å². The highest BCUT2D eigenvalue weighted by atomic mass is 19.4. The number of amides is 1. The third kappa shape index (κ3) is 5.46. The fourth-order valence-electron chi connectivity index (χ4n) is 2.98. The Kier molecular flexibility index (Phi) is 6.53. The lowest BCUT2D eigenvalue weighted by atomic mass is 10.2. The second-order valence-electron chi connectivity index (χ2n) is 6.46. The number of piperazine rings is 1. The standard InChI is InChI=1S/C20H18F5N3O2/c21-19(22)30-16-4-2-1-3-14(16)5-8-18(29)28-11-9-27(10-12-28)17-7-6-15(13-26-17)20(23,24)25/h1-8,13,19H,9-12H2/b8-5+. The third-order valence-corrected chi connectivity index (χ3v) is 4.53. The number of anilines is 1. The molecule has 0 N–H and O–H groups in total. The van der Waals surface area contributed by atoms with E-state index in [4.69, 9.17) is 0 Å². The van der Waals surface area contributed by atoms with Crippen LogP contribution in [0.25, 0.3) is 6.08 Å². The first-order chi connectivity index (χ1) is 14.2. The van der Waals surface area contributed by atoms with Crippen LogP contribution in [0.2, 0.25) is 0 Å². The number of rotatable bonds is 5. The van der Waals surface area contributed by atoms with Crippen molar-refractivity contribution >= 4 is 17.8 Å². The monoisotopic (exact) mass is 427 g/mol. The van der Waals surface area contributed by atoms with Crippen LogP contribution in [0.4, 0.5) is 27.8 Å². The Morgan fingerprint density at radius 1 is 1.07 bits per heavy atom. The summed E-state index contributed by atoms with van der Waals surface area (Å²) in [5, 5.41) is 0. The van der Waals surface area contributed by atoms with Gasteiger partial charge in [0.1, 0.15) is 11.6 Å². The molecule has 0 radical (unpaired) electrons. The zero-order valence-electron chi connectivity index (χ0n) is 15.6. The minimum atomic E-state index is -4.44. The van der Waals surface area contributed by atoms with E-state index in [0.29, 0.717) is 37.6 Å². The van der Waals surface area contributed by atoms with E-state index in [1.54, 1.807) is 28.0 Å². The lowest BCUT2D eigenvalue weighted by molar-refractivity contribution is -0.137. The summed E-state index contributed by atoms with van der Waals surface area (Å²) in [6.45, 7) is -1.46. The van der Waals surface area contributed by atoms with Crippen molar-refractivity contribution in [1.82, 2.24) is 9.88 Å². The van der Waals surface area contributed by atoms with Crippen LogP contribution in [-0.4, -0.2) is 48.6 Å². The molecule has 1 saturated heterocycles. The van der Waals surface area contributed by atoms with Crippen molar-refractivity contribution in [3.05, 3.63) is 59.8 Å². The van der Waals surface area contributed by atoms with Crippen LogP contribution in [-0.2, 0) is 11.0 Å². The van der Waals surface area contributed by atoms with E-state index >= 15 is 0 Å². The number of nitrogens with zero attached hydrogens (tertiary/aromatic N) is 3. The Morgan fingerprint density at radius 2 is 1.77 bits per heavy atom. The molecule has 30 heavy (non-hydrogen) atoms. The molecule has 1 aliphatic rings. The summed E-state index contributed by atoms with van der Waals surface area (Å²) < 4.78 is 67.2. The van der Waals surface area contributed by atoms with Crippen molar-refractivity contribution in [3.63, 3.8) is 0 Å². The SMILES string of the molecule is O=C(/C=C/c1ccccc1OC(F)F)N1CCN(c2ccc(C(F)(F)F)cn2)CC1. The number of ether oxygens (including phenoxy) is 1. The summed E-state index contributed by atoms with van der Waals surface area (Å²) in [5.41, 5.74) is -0.472. The highest BCUT2D eigenvalue weighted by Crippen LogP contribution is 2.29. The van der Waals surface area contributed by atoms with E-state index in [9.17, 15) is 26.7 Å². The van der Waals surface area contributed by atoms with Gasteiger partial charge in [-0.15, -0.1) is 0 Å². The lowest BCUT2D eigenvalue weighted by Crippen LogP contribution is -2.48. The molecule has 0 aliphatic carbocycles. The molecule has 2 aromatic rings. The molecule has 1 aromatic heterocycles. The quantitative estimate of drug-likeness (QED) is 0.533. The van der Waals surface area contributed by atoms with Crippen LogP contribution < -0.4 is 9.64 Å². The Labute approximate surface area is 169 Å². The number of hydrogen-bond donors (Lipinski definition) is 0. The van der Waals surface area contributed by atoms with Gasteiger partial charge >= 0.3 is 12.8 Å². The molecule has 5 nitrogen and oxygen atoms in total. The molecule has 0 saturated carbocycles. The number of aromatic nitrogens is 1. The van der Waals surface area contributed by atoms with Crippen molar-refractivity contribution < 1.29 is 31.5 Å². The first-order valence-electron chi connectivity index (χ1n) is 9.03. The molecule has 1 aliphatic heterocycles. The maximum atomic E-state index is 12.6. The second kappa shape index (κ2) is 9.10. The highest BCUT2D eigenvalue weighted by Gasteiger charge is 2.31. The van der Waals surface area contributed by atoms with Gasteiger partial charge in [0.15, 0.2) is 0 Å². The predicted octanol–water partition coefficient (Wildman–Crippen LogP) is 4.06. The van der Waals surface area contributed by atoms with E-state index in [-0.39, 0.29) is 11.7 Å². The van der Waals surface area contributed by atoms with Crippen LogP contribution in [0.15, 0.2) is 48.7 Å². The minimum Gasteiger partial charge on any atom is -0.434 e. The van der Waals surface area contributed by atoms with Crippen LogP contribution in [0.3, 0.4) is 0 Å². The van der Waals surface area contributed by atoms with Gasteiger partial charge in [-0.25, -0.2) is 4.98 Å². The molecule has 2 heterocycles. The molecule has 1 aromatic carbocycles. The van der Waals surface area contributed by atoms with Gasteiger partial charge in [0, 0.05) is 44.0 Å². The number of benzene rings is 1. The fourth-order valence-corrected chi connectivity index (χ4v) is 2.98. The lowest BCUT2D eigenvalue weighted by Gasteiger charge is -2.35. The number of carbonyl (C=O) groups is 1. The first kappa shape index (κ1) is 21.5.